The van der Waals surface area contributed by atoms with Crippen molar-refractivity contribution in [1.82, 2.24) is 9.80 Å². The van der Waals surface area contributed by atoms with Gasteiger partial charge < -0.3 is 20.6 Å². The maximum Gasteiger partial charge on any atom is 0.250 e. The average Bonchev–Trinajstić information content (AvgIpc) is 2.64. The quantitative estimate of drug-likeness (QED) is 0.804. The van der Waals surface area contributed by atoms with Crippen LogP contribution in [0.2, 0.25) is 0 Å². The molecule has 22 heavy (non-hydrogen) atoms. The summed E-state index contributed by atoms with van der Waals surface area (Å²) in [5.41, 5.74) is 4.52. The monoisotopic (exact) mass is 319 g/mol. The molecule has 128 valence electrons. The van der Waals surface area contributed by atoms with Crippen molar-refractivity contribution in [3.05, 3.63) is 0 Å². The van der Waals surface area contributed by atoms with Crippen molar-refractivity contribution in [3.63, 3.8) is 0 Å². The number of hydrogen-bond acceptors (Lipinski definition) is 4. The number of aliphatic hydroxyl groups is 1. The van der Waals surface area contributed by atoms with E-state index in [1.807, 2.05) is 4.90 Å². The van der Waals surface area contributed by atoms with Gasteiger partial charge in [-0.1, -0.05) is 0 Å². The van der Waals surface area contributed by atoms with E-state index in [2.05, 4.69) is 0 Å². The van der Waals surface area contributed by atoms with E-state index in [0.29, 0.717) is 58.5 Å². The molecule has 0 bridgehead atoms. The Labute approximate surface area is 130 Å². The lowest BCUT2D eigenvalue weighted by Gasteiger charge is -2.37. The normalized spacial score (nSPS) is 30.1. The van der Waals surface area contributed by atoms with Gasteiger partial charge in [0.25, 0.3) is 5.92 Å². The second-order valence-electron chi connectivity index (χ2n) is 6.63. The van der Waals surface area contributed by atoms with Gasteiger partial charge in [-0.15, -0.1) is 0 Å². The first kappa shape index (κ1) is 17.6. The average molecular weight is 319 g/mol. The van der Waals surface area contributed by atoms with Crippen LogP contribution < -0.4 is 5.73 Å². The van der Waals surface area contributed by atoms with E-state index in [1.165, 1.54) is 0 Å². The van der Waals surface area contributed by atoms with Crippen LogP contribution in [-0.2, 0) is 4.79 Å². The van der Waals surface area contributed by atoms with Gasteiger partial charge in [-0.2, -0.15) is 0 Å². The van der Waals surface area contributed by atoms with E-state index in [9.17, 15) is 18.7 Å². The van der Waals surface area contributed by atoms with Crippen molar-refractivity contribution in [2.45, 2.75) is 50.0 Å². The minimum atomic E-state index is -2.56. The summed E-state index contributed by atoms with van der Waals surface area (Å²) in [6.07, 6.45) is 1.90. The maximum absolute atomic E-state index is 13.2. The zero-order valence-corrected chi connectivity index (χ0v) is 13.1. The van der Waals surface area contributed by atoms with Crippen LogP contribution in [0, 0.1) is 0 Å². The fraction of sp³-hybridized carbons (Fsp3) is 0.933. The number of alkyl halides is 2. The van der Waals surface area contributed by atoms with E-state index in [4.69, 9.17) is 5.73 Å². The Balaban J connectivity index is 1.85. The molecule has 2 rings (SSSR count). The topological polar surface area (TPSA) is 69.8 Å². The predicted molar refractivity (Wildman–Crippen MR) is 79.7 cm³/mol. The van der Waals surface area contributed by atoms with Gasteiger partial charge in [0.1, 0.15) is 0 Å². The summed E-state index contributed by atoms with van der Waals surface area (Å²) in [5.74, 6) is -2.53. The molecule has 0 radical (unpaired) electrons. The van der Waals surface area contributed by atoms with Gasteiger partial charge in [0.2, 0.25) is 5.91 Å². The number of piperidine rings is 1. The summed E-state index contributed by atoms with van der Waals surface area (Å²) >= 11 is 0. The van der Waals surface area contributed by atoms with E-state index in [-0.39, 0.29) is 18.7 Å². The first-order chi connectivity index (χ1) is 10.3. The number of amides is 1. The Kier molecular flexibility index (Phi) is 5.74. The third kappa shape index (κ3) is 4.86. The highest BCUT2D eigenvalue weighted by Gasteiger charge is 2.38. The standard InChI is InChI=1S/C15H27F2N3O2/c16-15(17)5-9-19(10-6-15)12-14(22)3-1-8-20(11-4-14)13(21)2-7-18/h22H,1-12,18H2. The van der Waals surface area contributed by atoms with Crippen LogP contribution in [0.1, 0.15) is 38.5 Å². The highest BCUT2D eigenvalue weighted by Crippen LogP contribution is 2.30. The van der Waals surface area contributed by atoms with Crippen LogP contribution in [0.25, 0.3) is 0 Å². The molecular weight excluding hydrogens is 292 g/mol. The van der Waals surface area contributed by atoms with Gasteiger partial charge in [-0.25, -0.2) is 8.78 Å². The lowest BCUT2D eigenvalue weighted by atomic mass is 9.93. The van der Waals surface area contributed by atoms with Crippen molar-refractivity contribution in [2.24, 2.45) is 5.73 Å². The second kappa shape index (κ2) is 7.19. The molecule has 3 N–H and O–H groups in total. The van der Waals surface area contributed by atoms with Crippen LogP contribution in [0.15, 0.2) is 0 Å². The molecule has 1 atom stereocenters. The summed E-state index contributed by atoms with van der Waals surface area (Å²) in [6.45, 7) is 2.55. The van der Waals surface area contributed by atoms with Crippen molar-refractivity contribution < 1.29 is 18.7 Å². The Morgan fingerprint density at radius 1 is 1.09 bits per heavy atom. The second-order valence-corrected chi connectivity index (χ2v) is 6.63. The van der Waals surface area contributed by atoms with Crippen LogP contribution in [0.3, 0.4) is 0 Å². The Bertz CT molecular complexity index is 385. The van der Waals surface area contributed by atoms with E-state index < -0.39 is 11.5 Å². The number of nitrogens with two attached hydrogens (primary N) is 1. The first-order valence-corrected chi connectivity index (χ1v) is 8.14. The van der Waals surface area contributed by atoms with Gasteiger partial charge in [0, 0.05) is 58.5 Å². The third-order valence-corrected chi connectivity index (χ3v) is 4.73. The van der Waals surface area contributed by atoms with E-state index in [1.54, 1.807) is 4.90 Å². The molecule has 2 aliphatic heterocycles. The number of halogens is 2. The summed E-state index contributed by atoms with van der Waals surface area (Å²) in [6, 6.07) is 0. The Morgan fingerprint density at radius 3 is 2.41 bits per heavy atom. The molecule has 0 aromatic rings. The zero-order chi connectivity index (χ0) is 16.2. The molecule has 1 amide bonds. The first-order valence-electron chi connectivity index (χ1n) is 8.14. The van der Waals surface area contributed by atoms with Crippen molar-refractivity contribution >= 4 is 5.91 Å². The fourth-order valence-electron chi connectivity index (χ4n) is 3.32. The van der Waals surface area contributed by atoms with Crippen molar-refractivity contribution in [1.29, 1.82) is 0 Å². The van der Waals surface area contributed by atoms with Crippen molar-refractivity contribution in [2.75, 3.05) is 39.3 Å². The fourth-order valence-corrected chi connectivity index (χ4v) is 3.32. The number of nitrogens with zero attached hydrogens (tertiary/aromatic N) is 2. The minimum absolute atomic E-state index is 0.0318. The van der Waals surface area contributed by atoms with Gasteiger partial charge in [0.15, 0.2) is 0 Å². The van der Waals surface area contributed by atoms with Crippen LogP contribution >= 0.6 is 0 Å². The van der Waals surface area contributed by atoms with Gasteiger partial charge in [-0.3, -0.25) is 4.79 Å². The van der Waals surface area contributed by atoms with Gasteiger partial charge in [0.05, 0.1) is 5.60 Å². The van der Waals surface area contributed by atoms with Crippen LogP contribution in [0.5, 0.6) is 0 Å². The number of carbonyl (C=O) groups excluding carboxylic acids is 1. The molecule has 0 saturated carbocycles. The van der Waals surface area contributed by atoms with Crippen molar-refractivity contribution in [3.8, 4) is 0 Å². The molecule has 2 heterocycles. The highest BCUT2D eigenvalue weighted by molar-refractivity contribution is 5.76. The molecule has 1 unspecified atom stereocenters. The van der Waals surface area contributed by atoms with E-state index in [0.717, 1.165) is 6.42 Å². The summed E-state index contributed by atoms with van der Waals surface area (Å²) in [5, 5.41) is 10.8. The highest BCUT2D eigenvalue weighted by atomic mass is 19.3. The third-order valence-electron chi connectivity index (χ3n) is 4.73. The molecule has 7 heteroatoms. The molecule has 0 aliphatic carbocycles. The Hall–Kier alpha value is -0.790. The largest absolute Gasteiger partial charge is 0.388 e. The number of carbonyl (C=O) groups is 1. The number of rotatable bonds is 4. The lowest BCUT2D eigenvalue weighted by Crippen LogP contribution is -2.48. The number of likely N-dealkylation sites (tertiary alicyclic amines) is 2. The molecule has 5 nitrogen and oxygen atoms in total. The maximum atomic E-state index is 13.2. The van der Waals surface area contributed by atoms with Crippen LogP contribution in [0.4, 0.5) is 8.78 Å². The van der Waals surface area contributed by atoms with Gasteiger partial charge in [-0.05, 0) is 19.3 Å². The SMILES string of the molecule is NCCC(=O)N1CCCC(O)(CN2CCC(F)(F)CC2)CC1. The summed E-state index contributed by atoms with van der Waals surface area (Å²) < 4.78 is 26.4. The number of hydrogen-bond donors (Lipinski definition) is 2. The summed E-state index contributed by atoms with van der Waals surface area (Å²) in [4.78, 5) is 15.6. The molecular formula is C15H27F2N3O2. The van der Waals surface area contributed by atoms with Crippen LogP contribution in [-0.4, -0.2) is 71.6 Å². The van der Waals surface area contributed by atoms with E-state index >= 15 is 0 Å². The number of β-amino-alcohol motifs (C(OH)–C–C–N with tert-alkyl or cyclic N) is 1. The molecule has 2 aliphatic rings. The molecule has 2 fully saturated rings. The smallest absolute Gasteiger partial charge is 0.250 e. The van der Waals surface area contributed by atoms with Gasteiger partial charge >= 0.3 is 0 Å². The predicted octanol–water partition coefficient (Wildman–Crippen LogP) is 0.810. The lowest BCUT2D eigenvalue weighted by molar-refractivity contribution is -0.131. The summed E-state index contributed by atoms with van der Waals surface area (Å²) in [7, 11) is 0. The Morgan fingerprint density at radius 2 is 1.77 bits per heavy atom. The molecule has 0 aromatic heterocycles. The molecule has 0 aromatic carbocycles. The minimum Gasteiger partial charge on any atom is -0.388 e. The zero-order valence-electron chi connectivity index (χ0n) is 13.1. The molecule has 0 spiro atoms. The molecule has 2 saturated heterocycles.